The van der Waals surface area contributed by atoms with Crippen LogP contribution in [0.2, 0.25) is 0 Å². The molecule has 2 heteroatoms. The van der Waals surface area contributed by atoms with Gasteiger partial charge in [-0.3, -0.25) is 4.79 Å². The van der Waals surface area contributed by atoms with E-state index in [0.29, 0.717) is 5.41 Å². The van der Waals surface area contributed by atoms with Crippen LogP contribution < -0.4 is 0 Å². The molecule has 0 N–H and O–H groups in total. The number of carbonyl (C=O) groups excluding carboxylic acids is 1. The van der Waals surface area contributed by atoms with E-state index in [4.69, 9.17) is 0 Å². The molecule has 0 aromatic carbocycles. The fraction of sp³-hybridized carbons (Fsp3) is 0.533. The van der Waals surface area contributed by atoms with Crippen molar-refractivity contribution >= 4 is 5.91 Å². The summed E-state index contributed by atoms with van der Waals surface area (Å²) in [5.41, 5.74) is 2.42. The molecular formula is C15H21NO. The maximum Gasteiger partial charge on any atom is 0.253 e. The predicted molar refractivity (Wildman–Crippen MR) is 70.6 cm³/mol. The van der Waals surface area contributed by atoms with Gasteiger partial charge in [0.2, 0.25) is 0 Å². The summed E-state index contributed by atoms with van der Waals surface area (Å²) in [4.78, 5) is 14.2. The molecule has 2 aliphatic rings. The molecule has 0 atom stereocenters. The third kappa shape index (κ3) is 2.51. The molecule has 0 saturated carbocycles. The van der Waals surface area contributed by atoms with Crippen LogP contribution in [0, 0.1) is 5.41 Å². The Bertz CT molecular complexity index is 409. The molecule has 1 aliphatic heterocycles. The average Bonchev–Trinajstić information content (AvgIpc) is 2.49. The Hall–Kier alpha value is -1.31. The summed E-state index contributed by atoms with van der Waals surface area (Å²) in [5, 5.41) is 0. The minimum absolute atomic E-state index is 0.190. The van der Waals surface area contributed by atoms with Crippen LogP contribution in [0.3, 0.4) is 0 Å². The van der Waals surface area contributed by atoms with E-state index in [-0.39, 0.29) is 5.91 Å². The standard InChI is InChI=1S/C15H21NO/c1-4-15(3)10-16(11-15)14(17)13-7-5-6-12(2)8-9-13/h6-9H,4-5,10-11H2,1-3H3. The zero-order valence-corrected chi connectivity index (χ0v) is 11.0. The monoisotopic (exact) mass is 231 g/mol. The van der Waals surface area contributed by atoms with Gasteiger partial charge in [-0.2, -0.15) is 0 Å². The smallest absolute Gasteiger partial charge is 0.253 e. The highest BCUT2D eigenvalue weighted by molar-refractivity contribution is 5.97. The van der Waals surface area contributed by atoms with Gasteiger partial charge in [0.05, 0.1) is 0 Å². The van der Waals surface area contributed by atoms with Crippen LogP contribution >= 0.6 is 0 Å². The lowest BCUT2D eigenvalue weighted by atomic mass is 9.79. The Morgan fingerprint density at radius 3 is 2.71 bits per heavy atom. The molecule has 1 fully saturated rings. The lowest BCUT2D eigenvalue weighted by Gasteiger charge is -2.48. The van der Waals surface area contributed by atoms with Crippen molar-refractivity contribution in [1.29, 1.82) is 0 Å². The van der Waals surface area contributed by atoms with Crippen molar-refractivity contribution in [2.45, 2.75) is 33.6 Å². The summed E-state index contributed by atoms with van der Waals surface area (Å²) in [6.07, 6.45) is 10.1. The quantitative estimate of drug-likeness (QED) is 0.715. The molecule has 0 aromatic heterocycles. The molecular weight excluding hydrogens is 210 g/mol. The van der Waals surface area contributed by atoms with E-state index in [1.54, 1.807) is 0 Å². The van der Waals surface area contributed by atoms with E-state index in [1.165, 1.54) is 5.57 Å². The molecule has 0 bridgehead atoms. The van der Waals surface area contributed by atoms with Crippen LogP contribution in [-0.4, -0.2) is 23.9 Å². The van der Waals surface area contributed by atoms with Crippen molar-refractivity contribution < 1.29 is 4.79 Å². The number of hydrogen-bond donors (Lipinski definition) is 0. The van der Waals surface area contributed by atoms with Crippen molar-refractivity contribution in [1.82, 2.24) is 4.90 Å². The summed E-state index contributed by atoms with van der Waals surface area (Å²) in [6, 6.07) is 0. The van der Waals surface area contributed by atoms with Gasteiger partial charge < -0.3 is 4.90 Å². The van der Waals surface area contributed by atoms with Crippen LogP contribution in [0.15, 0.2) is 35.5 Å². The van der Waals surface area contributed by atoms with Gasteiger partial charge in [-0.05, 0) is 25.8 Å². The van der Waals surface area contributed by atoms with Crippen LogP contribution in [0.1, 0.15) is 33.6 Å². The number of rotatable bonds is 2. The largest absolute Gasteiger partial charge is 0.337 e. The Kier molecular flexibility index (Phi) is 3.23. The number of hydrogen-bond acceptors (Lipinski definition) is 1. The van der Waals surface area contributed by atoms with Gasteiger partial charge in [0, 0.05) is 24.1 Å². The summed E-state index contributed by atoms with van der Waals surface area (Å²) >= 11 is 0. The molecule has 0 unspecified atom stereocenters. The summed E-state index contributed by atoms with van der Waals surface area (Å²) in [7, 11) is 0. The fourth-order valence-electron chi connectivity index (χ4n) is 2.31. The van der Waals surface area contributed by atoms with Crippen LogP contribution in [0.4, 0.5) is 0 Å². The molecule has 2 nitrogen and oxygen atoms in total. The highest BCUT2D eigenvalue weighted by atomic mass is 16.2. The topological polar surface area (TPSA) is 20.3 Å². The second-order valence-electron chi connectivity index (χ2n) is 5.50. The number of likely N-dealkylation sites (tertiary alicyclic amines) is 1. The Morgan fingerprint density at radius 2 is 2.06 bits per heavy atom. The van der Waals surface area contributed by atoms with Crippen molar-refractivity contribution in [2.24, 2.45) is 5.41 Å². The highest BCUT2D eigenvalue weighted by Gasteiger charge is 2.39. The summed E-state index contributed by atoms with van der Waals surface area (Å²) in [6.45, 7) is 8.31. The first-order chi connectivity index (χ1) is 8.04. The molecule has 1 aliphatic carbocycles. The van der Waals surface area contributed by atoms with Crippen molar-refractivity contribution in [2.75, 3.05) is 13.1 Å². The first kappa shape index (κ1) is 12.2. The van der Waals surface area contributed by atoms with E-state index in [9.17, 15) is 4.79 Å². The minimum Gasteiger partial charge on any atom is -0.337 e. The first-order valence-electron chi connectivity index (χ1n) is 6.38. The predicted octanol–water partition coefficient (Wildman–Crippen LogP) is 3.08. The number of carbonyl (C=O) groups is 1. The molecule has 1 saturated heterocycles. The second kappa shape index (κ2) is 4.52. The summed E-state index contributed by atoms with van der Waals surface area (Å²) in [5.74, 6) is 0.190. The highest BCUT2D eigenvalue weighted by Crippen LogP contribution is 2.34. The van der Waals surface area contributed by atoms with E-state index < -0.39 is 0 Å². The minimum atomic E-state index is 0.190. The molecule has 1 heterocycles. The first-order valence-corrected chi connectivity index (χ1v) is 6.38. The summed E-state index contributed by atoms with van der Waals surface area (Å²) < 4.78 is 0. The molecule has 0 aromatic rings. The SMILES string of the molecule is CCC1(C)CN(C(=O)C2=CCC=C(C)C=C2)C1. The zero-order chi connectivity index (χ0) is 12.5. The second-order valence-corrected chi connectivity index (χ2v) is 5.50. The van der Waals surface area contributed by atoms with Gasteiger partial charge in [-0.15, -0.1) is 0 Å². The van der Waals surface area contributed by atoms with Crippen LogP contribution in [0.25, 0.3) is 0 Å². The maximum atomic E-state index is 12.2. The third-order valence-corrected chi connectivity index (χ3v) is 3.84. The van der Waals surface area contributed by atoms with E-state index in [2.05, 4.69) is 26.8 Å². The molecule has 0 radical (unpaired) electrons. The van der Waals surface area contributed by atoms with Crippen LogP contribution in [0.5, 0.6) is 0 Å². The Morgan fingerprint density at radius 1 is 1.35 bits per heavy atom. The Balaban J connectivity index is 1.99. The van der Waals surface area contributed by atoms with Crippen molar-refractivity contribution in [3.63, 3.8) is 0 Å². The molecule has 2 rings (SSSR count). The number of allylic oxidation sites excluding steroid dienone is 4. The molecule has 17 heavy (non-hydrogen) atoms. The maximum absolute atomic E-state index is 12.2. The molecule has 1 amide bonds. The van der Waals surface area contributed by atoms with E-state index in [0.717, 1.165) is 31.5 Å². The van der Waals surface area contributed by atoms with Gasteiger partial charge >= 0.3 is 0 Å². The lowest BCUT2D eigenvalue weighted by molar-refractivity contribution is -0.137. The normalized spacial score (nSPS) is 22.4. The fourth-order valence-corrected chi connectivity index (χ4v) is 2.31. The number of nitrogens with zero attached hydrogens (tertiary/aromatic N) is 1. The van der Waals surface area contributed by atoms with Crippen LogP contribution in [-0.2, 0) is 4.79 Å². The number of amides is 1. The third-order valence-electron chi connectivity index (χ3n) is 3.84. The van der Waals surface area contributed by atoms with E-state index >= 15 is 0 Å². The van der Waals surface area contributed by atoms with Gasteiger partial charge in [-0.1, -0.05) is 37.6 Å². The lowest BCUT2D eigenvalue weighted by Crippen LogP contribution is -2.56. The van der Waals surface area contributed by atoms with E-state index in [1.807, 2.05) is 23.1 Å². The molecule has 92 valence electrons. The Labute approximate surface area is 104 Å². The average molecular weight is 231 g/mol. The van der Waals surface area contributed by atoms with Gasteiger partial charge in [-0.25, -0.2) is 0 Å². The van der Waals surface area contributed by atoms with Gasteiger partial charge in [0.1, 0.15) is 0 Å². The van der Waals surface area contributed by atoms with Crippen molar-refractivity contribution in [3.05, 3.63) is 35.5 Å². The van der Waals surface area contributed by atoms with Crippen molar-refractivity contribution in [3.8, 4) is 0 Å². The zero-order valence-electron chi connectivity index (χ0n) is 11.0. The van der Waals surface area contributed by atoms with Gasteiger partial charge in [0.25, 0.3) is 5.91 Å². The van der Waals surface area contributed by atoms with Gasteiger partial charge in [0.15, 0.2) is 0 Å². The molecule has 0 spiro atoms.